The molecule has 1 saturated heterocycles. The highest BCUT2D eigenvalue weighted by molar-refractivity contribution is 7.12. The first-order chi connectivity index (χ1) is 10.3. The van der Waals surface area contributed by atoms with Gasteiger partial charge in [-0.1, -0.05) is 0 Å². The van der Waals surface area contributed by atoms with E-state index in [1.54, 1.807) is 0 Å². The Morgan fingerprint density at radius 3 is 2.86 bits per heavy atom. The number of nitrogens with one attached hydrogen (secondary N) is 1. The van der Waals surface area contributed by atoms with Gasteiger partial charge in [-0.3, -0.25) is 4.79 Å². The Kier molecular flexibility index (Phi) is 5.87. The first-order valence-electron chi connectivity index (χ1n) is 7.04. The van der Waals surface area contributed by atoms with Gasteiger partial charge in [0, 0.05) is 13.1 Å². The van der Waals surface area contributed by atoms with Crippen molar-refractivity contribution in [1.82, 2.24) is 30.4 Å². The zero-order valence-electron chi connectivity index (χ0n) is 12.3. The molecule has 0 radical (unpaired) electrons. The standard InChI is InChI=1S/C13H18N6OS.ClH/c1-14-8-10-2-5-18(6-3-10)13(20)12-11(4-7-21-12)19-9-15-16-17-19;/h4,7,9-10,14H,2-3,5-6,8H2,1H3;1H. The average Bonchev–Trinajstić information content (AvgIpc) is 3.18. The van der Waals surface area contributed by atoms with Crippen LogP contribution in [0, 0.1) is 5.92 Å². The molecule has 0 bridgehead atoms. The second-order valence-corrected chi connectivity index (χ2v) is 6.10. The maximum Gasteiger partial charge on any atom is 0.266 e. The van der Waals surface area contributed by atoms with Gasteiger partial charge in [0.05, 0.1) is 5.69 Å². The van der Waals surface area contributed by atoms with E-state index in [1.807, 2.05) is 23.4 Å². The molecule has 3 rings (SSSR count). The summed E-state index contributed by atoms with van der Waals surface area (Å²) in [4.78, 5) is 15.3. The third-order valence-corrected chi connectivity index (χ3v) is 4.72. The number of hydrogen-bond acceptors (Lipinski definition) is 6. The molecular weight excluding hydrogens is 324 g/mol. The van der Waals surface area contributed by atoms with Gasteiger partial charge in [0.25, 0.3) is 5.91 Å². The quantitative estimate of drug-likeness (QED) is 0.904. The van der Waals surface area contributed by atoms with Crippen molar-refractivity contribution >= 4 is 29.7 Å². The topological polar surface area (TPSA) is 75.9 Å². The number of tetrazole rings is 1. The van der Waals surface area contributed by atoms with E-state index in [0.717, 1.165) is 38.2 Å². The van der Waals surface area contributed by atoms with Crippen LogP contribution in [0.2, 0.25) is 0 Å². The van der Waals surface area contributed by atoms with E-state index in [2.05, 4.69) is 20.8 Å². The molecular formula is C13H19ClN6OS. The summed E-state index contributed by atoms with van der Waals surface area (Å²) < 4.78 is 1.54. The number of nitrogens with zero attached hydrogens (tertiary/aromatic N) is 5. The Morgan fingerprint density at radius 2 is 2.23 bits per heavy atom. The van der Waals surface area contributed by atoms with Gasteiger partial charge in [-0.15, -0.1) is 28.8 Å². The van der Waals surface area contributed by atoms with Crippen molar-refractivity contribution in [3.8, 4) is 5.69 Å². The van der Waals surface area contributed by atoms with Crippen LogP contribution in [0.15, 0.2) is 17.8 Å². The largest absolute Gasteiger partial charge is 0.338 e. The Bertz CT molecular complexity index is 593. The summed E-state index contributed by atoms with van der Waals surface area (Å²) in [5.41, 5.74) is 0.757. The van der Waals surface area contributed by atoms with Gasteiger partial charge in [-0.25, -0.2) is 0 Å². The molecule has 0 spiro atoms. The molecule has 1 aliphatic heterocycles. The molecule has 1 aliphatic rings. The predicted octanol–water partition coefficient (Wildman–Crippen LogP) is 1.22. The number of likely N-dealkylation sites (tertiary alicyclic amines) is 1. The third-order valence-electron chi connectivity index (χ3n) is 3.83. The second-order valence-electron chi connectivity index (χ2n) is 5.18. The van der Waals surface area contributed by atoms with Crippen LogP contribution in [0.1, 0.15) is 22.5 Å². The fourth-order valence-corrected chi connectivity index (χ4v) is 3.53. The van der Waals surface area contributed by atoms with Crippen LogP contribution in [0.25, 0.3) is 5.69 Å². The molecule has 2 aromatic rings. The van der Waals surface area contributed by atoms with Crippen LogP contribution < -0.4 is 5.32 Å². The number of thiophene rings is 1. The first-order valence-corrected chi connectivity index (χ1v) is 7.92. The van der Waals surface area contributed by atoms with Crippen molar-refractivity contribution in [3.63, 3.8) is 0 Å². The van der Waals surface area contributed by atoms with Crippen LogP contribution in [0.5, 0.6) is 0 Å². The number of rotatable bonds is 4. The lowest BCUT2D eigenvalue weighted by Gasteiger charge is -2.31. The maximum absolute atomic E-state index is 12.7. The molecule has 0 unspecified atom stereocenters. The summed E-state index contributed by atoms with van der Waals surface area (Å²) in [6.45, 7) is 2.66. The Balaban J connectivity index is 0.00000176. The second kappa shape index (κ2) is 7.66. The minimum Gasteiger partial charge on any atom is -0.338 e. The monoisotopic (exact) mass is 342 g/mol. The molecule has 22 heavy (non-hydrogen) atoms. The van der Waals surface area contributed by atoms with Gasteiger partial charge in [0.2, 0.25) is 0 Å². The fourth-order valence-electron chi connectivity index (χ4n) is 2.69. The van der Waals surface area contributed by atoms with E-state index in [-0.39, 0.29) is 18.3 Å². The van der Waals surface area contributed by atoms with Crippen molar-refractivity contribution in [3.05, 3.63) is 22.7 Å². The molecule has 0 atom stereocenters. The number of aromatic nitrogens is 4. The zero-order valence-corrected chi connectivity index (χ0v) is 13.9. The van der Waals surface area contributed by atoms with Gasteiger partial charge >= 0.3 is 0 Å². The smallest absolute Gasteiger partial charge is 0.266 e. The third kappa shape index (κ3) is 3.45. The van der Waals surface area contributed by atoms with E-state index < -0.39 is 0 Å². The Hall–Kier alpha value is -1.51. The minimum atomic E-state index is 0. The summed E-state index contributed by atoms with van der Waals surface area (Å²) in [6.07, 6.45) is 3.62. The molecule has 9 heteroatoms. The lowest BCUT2D eigenvalue weighted by atomic mass is 9.97. The Morgan fingerprint density at radius 1 is 1.45 bits per heavy atom. The van der Waals surface area contributed by atoms with E-state index in [0.29, 0.717) is 10.8 Å². The van der Waals surface area contributed by atoms with E-state index in [1.165, 1.54) is 22.3 Å². The predicted molar refractivity (Wildman–Crippen MR) is 86.8 cm³/mol. The molecule has 2 aromatic heterocycles. The zero-order chi connectivity index (χ0) is 14.7. The van der Waals surface area contributed by atoms with Crippen LogP contribution >= 0.6 is 23.7 Å². The first kappa shape index (κ1) is 16.9. The molecule has 7 nitrogen and oxygen atoms in total. The van der Waals surface area contributed by atoms with E-state index in [4.69, 9.17) is 0 Å². The van der Waals surface area contributed by atoms with Gasteiger partial charge in [0.1, 0.15) is 11.2 Å². The fraction of sp³-hybridized carbons (Fsp3) is 0.538. The number of carbonyl (C=O) groups excluding carboxylic acids is 1. The lowest BCUT2D eigenvalue weighted by Crippen LogP contribution is -2.40. The van der Waals surface area contributed by atoms with Crippen LogP contribution in [-0.2, 0) is 0 Å². The minimum absolute atomic E-state index is 0. The van der Waals surface area contributed by atoms with Crippen molar-refractivity contribution in [2.24, 2.45) is 5.92 Å². The van der Waals surface area contributed by atoms with Crippen LogP contribution in [0.4, 0.5) is 0 Å². The van der Waals surface area contributed by atoms with Crippen LogP contribution in [-0.4, -0.2) is 57.7 Å². The van der Waals surface area contributed by atoms with E-state index >= 15 is 0 Å². The number of amides is 1. The molecule has 0 saturated carbocycles. The molecule has 1 fully saturated rings. The summed E-state index contributed by atoms with van der Waals surface area (Å²) in [7, 11) is 1.97. The van der Waals surface area contributed by atoms with E-state index in [9.17, 15) is 4.79 Å². The average molecular weight is 343 g/mol. The number of hydrogen-bond donors (Lipinski definition) is 1. The van der Waals surface area contributed by atoms with Crippen molar-refractivity contribution in [2.45, 2.75) is 12.8 Å². The van der Waals surface area contributed by atoms with Crippen molar-refractivity contribution < 1.29 is 4.79 Å². The lowest BCUT2D eigenvalue weighted by molar-refractivity contribution is 0.0695. The van der Waals surface area contributed by atoms with Crippen molar-refractivity contribution in [2.75, 3.05) is 26.7 Å². The van der Waals surface area contributed by atoms with Gasteiger partial charge in [0.15, 0.2) is 0 Å². The maximum atomic E-state index is 12.7. The summed E-state index contributed by atoms with van der Waals surface area (Å²) in [5, 5.41) is 16.2. The number of piperidine rings is 1. The highest BCUT2D eigenvalue weighted by Gasteiger charge is 2.26. The highest BCUT2D eigenvalue weighted by atomic mass is 35.5. The molecule has 1 N–H and O–H groups in total. The number of carbonyl (C=O) groups is 1. The molecule has 3 heterocycles. The number of halogens is 1. The summed E-state index contributed by atoms with van der Waals surface area (Å²) in [5.74, 6) is 0.750. The molecule has 1 amide bonds. The van der Waals surface area contributed by atoms with Gasteiger partial charge in [-0.2, -0.15) is 4.68 Å². The normalized spacial score (nSPS) is 15.6. The van der Waals surface area contributed by atoms with Gasteiger partial charge < -0.3 is 10.2 Å². The summed E-state index contributed by atoms with van der Waals surface area (Å²) in [6, 6.07) is 1.88. The molecule has 0 aliphatic carbocycles. The SMILES string of the molecule is CNCC1CCN(C(=O)c2sccc2-n2cnnn2)CC1.Cl. The molecule has 0 aromatic carbocycles. The Labute approximate surface area is 139 Å². The summed E-state index contributed by atoms with van der Waals surface area (Å²) >= 11 is 1.44. The van der Waals surface area contributed by atoms with Crippen LogP contribution in [0.3, 0.4) is 0 Å². The van der Waals surface area contributed by atoms with Gasteiger partial charge in [-0.05, 0) is 54.2 Å². The molecule has 120 valence electrons. The van der Waals surface area contributed by atoms with Crippen molar-refractivity contribution in [1.29, 1.82) is 0 Å². The highest BCUT2D eigenvalue weighted by Crippen LogP contribution is 2.24.